The first-order valence-electron chi connectivity index (χ1n) is 7.32. The molecule has 0 heterocycles. The number of nitro benzene ring substituents is 1. The molecule has 0 aliphatic carbocycles. The van der Waals surface area contributed by atoms with Gasteiger partial charge >= 0.3 is 5.51 Å². The summed E-state index contributed by atoms with van der Waals surface area (Å²) in [6.45, 7) is -0.649. The average molecular weight is 426 g/mol. The first kappa shape index (κ1) is 21.5. The third-order valence-electron chi connectivity index (χ3n) is 3.60. The van der Waals surface area contributed by atoms with Gasteiger partial charge in [0.15, 0.2) is 0 Å². The number of alkyl halides is 3. The van der Waals surface area contributed by atoms with Crippen LogP contribution in [0.1, 0.15) is 11.7 Å². The molecule has 0 fully saturated rings. The maximum atomic E-state index is 13.6. The molecule has 2 rings (SSSR count). The number of hydrogen-bond donors (Lipinski definition) is 2. The van der Waals surface area contributed by atoms with Crippen LogP contribution in [0.2, 0.25) is 0 Å². The first-order chi connectivity index (χ1) is 12.9. The van der Waals surface area contributed by atoms with E-state index in [0.717, 1.165) is 18.2 Å². The topological polar surface area (TPSA) is 110 Å². The van der Waals surface area contributed by atoms with Crippen molar-refractivity contribution in [3.05, 3.63) is 63.7 Å². The van der Waals surface area contributed by atoms with E-state index in [9.17, 15) is 45.6 Å². The molecule has 0 radical (unpaired) electrons. The largest absolute Gasteiger partial charge is 0.501 e. The third kappa shape index (κ3) is 4.20. The van der Waals surface area contributed by atoms with Crippen LogP contribution in [0.4, 0.5) is 33.3 Å². The molecule has 2 aromatic rings. The van der Waals surface area contributed by atoms with Crippen LogP contribution in [0.15, 0.2) is 41.3 Å². The number of halogens is 5. The molecule has 0 amide bonds. The molecule has 0 aliphatic heterocycles. The molecule has 13 heteroatoms. The zero-order valence-corrected chi connectivity index (χ0v) is 14.4. The van der Waals surface area contributed by atoms with Crippen molar-refractivity contribution in [3.63, 3.8) is 0 Å². The van der Waals surface area contributed by atoms with Crippen molar-refractivity contribution in [2.45, 2.75) is 16.5 Å². The highest BCUT2D eigenvalue weighted by atomic mass is 32.2. The van der Waals surface area contributed by atoms with E-state index >= 15 is 0 Å². The third-order valence-corrected chi connectivity index (χ3v) is 5.08. The summed E-state index contributed by atoms with van der Waals surface area (Å²) in [7, 11) is -5.82. The molecular weight excluding hydrogens is 415 g/mol. The Morgan fingerprint density at radius 3 is 2.21 bits per heavy atom. The molecule has 1 atom stereocenters. The molecule has 2 N–H and O–H groups in total. The molecule has 1 unspecified atom stereocenters. The first-order valence-corrected chi connectivity index (χ1v) is 8.80. The van der Waals surface area contributed by atoms with Crippen molar-refractivity contribution in [1.29, 1.82) is 0 Å². The van der Waals surface area contributed by atoms with Crippen LogP contribution >= 0.6 is 0 Å². The smallest absolute Gasteiger partial charge is 0.386 e. The normalized spacial score (nSPS) is 13.2. The van der Waals surface area contributed by atoms with Crippen LogP contribution in [0.3, 0.4) is 0 Å². The quantitative estimate of drug-likeness (QED) is 0.417. The minimum absolute atomic E-state index is 0.196. The molecule has 28 heavy (non-hydrogen) atoms. The number of nitrogens with one attached hydrogen (secondary N) is 1. The van der Waals surface area contributed by atoms with Crippen LogP contribution < -0.4 is 5.32 Å². The zero-order chi connectivity index (χ0) is 21.3. The van der Waals surface area contributed by atoms with Crippen LogP contribution in [-0.2, 0) is 9.84 Å². The van der Waals surface area contributed by atoms with Crippen molar-refractivity contribution in [2.75, 3.05) is 11.9 Å². The van der Waals surface area contributed by atoms with Crippen molar-refractivity contribution in [1.82, 2.24) is 0 Å². The van der Waals surface area contributed by atoms with Crippen LogP contribution in [-0.4, -0.2) is 30.5 Å². The second kappa shape index (κ2) is 7.67. The summed E-state index contributed by atoms with van der Waals surface area (Å²) < 4.78 is 87.8. The zero-order valence-electron chi connectivity index (χ0n) is 13.6. The van der Waals surface area contributed by atoms with Crippen LogP contribution in [0, 0.1) is 21.7 Å². The van der Waals surface area contributed by atoms with E-state index in [-0.39, 0.29) is 6.07 Å². The number of rotatable bonds is 6. The molecule has 0 aromatic heterocycles. The van der Waals surface area contributed by atoms with Crippen molar-refractivity contribution in [3.8, 4) is 0 Å². The lowest BCUT2D eigenvalue weighted by molar-refractivity contribution is -0.384. The van der Waals surface area contributed by atoms with E-state index in [2.05, 4.69) is 5.32 Å². The minimum Gasteiger partial charge on any atom is -0.386 e. The second-order valence-electron chi connectivity index (χ2n) is 5.42. The minimum atomic E-state index is -5.82. The Morgan fingerprint density at radius 1 is 1.14 bits per heavy atom. The Labute approximate surface area is 154 Å². The lowest BCUT2D eigenvalue weighted by Gasteiger charge is -2.15. The molecule has 2 aromatic carbocycles. The van der Waals surface area contributed by atoms with Crippen molar-refractivity contribution in [2.24, 2.45) is 0 Å². The maximum absolute atomic E-state index is 13.6. The highest BCUT2D eigenvalue weighted by Gasteiger charge is 2.47. The van der Waals surface area contributed by atoms with Gasteiger partial charge in [-0.15, -0.1) is 0 Å². The summed E-state index contributed by atoms with van der Waals surface area (Å²) in [6.07, 6.45) is -1.79. The Kier molecular flexibility index (Phi) is 5.89. The second-order valence-corrected chi connectivity index (χ2v) is 7.36. The van der Waals surface area contributed by atoms with E-state index in [1.165, 1.54) is 0 Å². The van der Waals surface area contributed by atoms with Gasteiger partial charge in [0.2, 0.25) is 0 Å². The molecular formula is C15H11F5N2O5S. The summed E-state index contributed by atoms with van der Waals surface area (Å²) in [5.41, 5.74) is -7.86. The van der Waals surface area contributed by atoms with E-state index in [1.54, 1.807) is 0 Å². The van der Waals surface area contributed by atoms with Gasteiger partial charge in [-0.2, -0.15) is 13.2 Å². The van der Waals surface area contributed by atoms with E-state index in [0.29, 0.717) is 12.1 Å². The number of nitro groups is 1. The van der Waals surface area contributed by atoms with Gasteiger partial charge in [0.05, 0.1) is 15.4 Å². The Hall–Kier alpha value is -2.80. The molecule has 0 spiro atoms. The summed E-state index contributed by atoms with van der Waals surface area (Å²) in [5, 5.41) is 23.3. The molecule has 0 aliphatic rings. The SMILES string of the molecule is O=[N+]([O-])c1cc(S(=O)(=O)C(F)(F)F)ccc1NCC(O)c1c(F)cccc1F. The van der Waals surface area contributed by atoms with Gasteiger partial charge < -0.3 is 10.4 Å². The fourth-order valence-corrected chi connectivity index (χ4v) is 3.03. The molecule has 152 valence electrons. The molecule has 0 saturated carbocycles. The van der Waals surface area contributed by atoms with E-state index in [1.807, 2.05) is 0 Å². The van der Waals surface area contributed by atoms with E-state index in [4.69, 9.17) is 0 Å². The predicted octanol–water partition coefficient (Wildman–Crippen LogP) is 3.31. The highest BCUT2D eigenvalue weighted by molar-refractivity contribution is 7.92. The number of anilines is 1. The van der Waals surface area contributed by atoms with Gasteiger partial charge in [-0.25, -0.2) is 17.2 Å². The monoisotopic (exact) mass is 426 g/mol. The number of aliphatic hydroxyl groups is 1. The summed E-state index contributed by atoms with van der Waals surface area (Å²) in [6, 6.07) is 4.16. The lowest BCUT2D eigenvalue weighted by atomic mass is 10.1. The van der Waals surface area contributed by atoms with E-state index < -0.39 is 66.4 Å². The van der Waals surface area contributed by atoms with Crippen molar-refractivity contribution >= 4 is 21.2 Å². The van der Waals surface area contributed by atoms with Crippen LogP contribution in [0.5, 0.6) is 0 Å². The van der Waals surface area contributed by atoms with Gasteiger partial charge in [0.25, 0.3) is 15.5 Å². The Morgan fingerprint density at radius 2 is 1.71 bits per heavy atom. The Bertz CT molecular complexity index is 990. The van der Waals surface area contributed by atoms with Gasteiger partial charge in [-0.1, -0.05) is 6.07 Å². The summed E-state index contributed by atoms with van der Waals surface area (Å²) in [4.78, 5) is 8.59. The summed E-state index contributed by atoms with van der Waals surface area (Å²) >= 11 is 0. The molecule has 7 nitrogen and oxygen atoms in total. The molecule has 0 saturated heterocycles. The van der Waals surface area contributed by atoms with Gasteiger partial charge in [-0.05, 0) is 24.3 Å². The fraction of sp³-hybridized carbons (Fsp3) is 0.200. The number of nitrogens with zero attached hydrogens (tertiary/aromatic N) is 1. The molecule has 0 bridgehead atoms. The van der Waals surface area contributed by atoms with Crippen molar-refractivity contribution < 1.29 is 40.4 Å². The fourth-order valence-electron chi connectivity index (χ4n) is 2.25. The van der Waals surface area contributed by atoms with Gasteiger partial charge in [0, 0.05) is 12.6 Å². The van der Waals surface area contributed by atoms with Crippen LogP contribution in [0.25, 0.3) is 0 Å². The number of benzene rings is 2. The number of hydrogen-bond acceptors (Lipinski definition) is 6. The standard InChI is InChI=1S/C15H11F5N2O5S/c16-9-2-1-3-10(17)14(9)13(23)7-21-11-5-4-8(6-12(11)22(24)25)28(26,27)15(18,19)20/h1-6,13,21,23H,7H2. The predicted molar refractivity (Wildman–Crippen MR) is 86.1 cm³/mol. The number of aliphatic hydroxyl groups excluding tert-OH is 1. The lowest BCUT2D eigenvalue weighted by Crippen LogP contribution is -2.23. The Balaban J connectivity index is 2.33. The highest BCUT2D eigenvalue weighted by Crippen LogP contribution is 2.35. The number of sulfone groups is 1. The average Bonchev–Trinajstić information content (AvgIpc) is 2.58. The van der Waals surface area contributed by atoms with Gasteiger partial charge in [0.1, 0.15) is 23.4 Å². The maximum Gasteiger partial charge on any atom is 0.501 e. The summed E-state index contributed by atoms with van der Waals surface area (Å²) in [5.74, 6) is -2.15. The van der Waals surface area contributed by atoms with Gasteiger partial charge in [-0.3, -0.25) is 10.1 Å².